The normalized spacial score (nSPS) is 11.3. The molecule has 8 heteroatoms. The smallest absolute Gasteiger partial charge is 0.241 e. The molecule has 1 amide bonds. The number of rotatable bonds is 8. The van der Waals surface area contributed by atoms with E-state index in [4.69, 9.17) is 16.3 Å². The molecule has 0 aromatic heterocycles. The van der Waals surface area contributed by atoms with Gasteiger partial charge in [-0.2, -0.15) is 0 Å². The standard InChI is InChI=1S/C12H17ClN2O4S/c1-19-7-3-6-14-12(16)9-15-20(17,18)11-5-2-4-10(13)8-11/h2,4-5,8,15H,3,6-7,9H2,1H3,(H,14,16). The zero-order valence-corrected chi connectivity index (χ0v) is 12.6. The predicted molar refractivity (Wildman–Crippen MR) is 76.1 cm³/mol. The molecule has 0 aliphatic carbocycles. The number of amides is 1. The van der Waals surface area contributed by atoms with Crippen LogP contribution < -0.4 is 10.0 Å². The summed E-state index contributed by atoms with van der Waals surface area (Å²) in [6, 6.07) is 5.83. The molecule has 2 N–H and O–H groups in total. The zero-order chi connectivity index (χ0) is 15.0. The molecule has 0 heterocycles. The number of nitrogens with one attached hydrogen (secondary N) is 2. The van der Waals surface area contributed by atoms with Gasteiger partial charge in [0.2, 0.25) is 15.9 Å². The van der Waals surface area contributed by atoms with Crippen LogP contribution in [0.15, 0.2) is 29.2 Å². The fourth-order valence-electron chi connectivity index (χ4n) is 1.38. The molecule has 1 aromatic carbocycles. The Bertz CT molecular complexity index is 548. The number of carbonyl (C=O) groups is 1. The van der Waals surface area contributed by atoms with Crippen LogP contribution in [0.25, 0.3) is 0 Å². The molecule has 1 rings (SSSR count). The number of ether oxygens (including phenoxy) is 1. The summed E-state index contributed by atoms with van der Waals surface area (Å²) in [4.78, 5) is 11.5. The number of halogens is 1. The predicted octanol–water partition coefficient (Wildman–Crippen LogP) is 0.771. The molecular weight excluding hydrogens is 304 g/mol. The van der Waals surface area contributed by atoms with Crippen molar-refractivity contribution in [3.63, 3.8) is 0 Å². The highest BCUT2D eigenvalue weighted by Gasteiger charge is 2.15. The van der Waals surface area contributed by atoms with Crippen LogP contribution in [0.5, 0.6) is 0 Å². The largest absolute Gasteiger partial charge is 0.385 e. The average Bonchev–Trinajstić information content (AvgIpc) is 2.41. The molecule has 0 bridgehead atoms. The molecule has 112 valence electrons. The highest BCUT2D eigenvalue weighted by molar-refractivity contribution is 7.89. The highest BCUT2D eigenvalue weighted by Crippen LogP contribution is 2.14. The van der Waals surface area contributed by atoms with Crippen molar-refractivity contribution in [2.75, 3.05) is 26.8 Å². The van der Waals surface area contributed by atoms with E-state index in [1.165, 1.54) is 18.2 Å². The van der Waals surface area contributed by atoms with E-state index in [9.17, 15) is 13.2 Å². The fourth-order valence-corrected chi connectivity index (χ4v) is 2.67. The first-order valence-electron chi connectivity index (χ1n) is 5.96. The third kappa shape index (κ3) is 5.87. The Labute approximate surface area is 123 Å². The highest BCUT2D eigenvalue weighted by atomic mass is 35.5. The van der Waals surface area contributed by atoms with E-state index >= 15 is 0 Å². The van der Waals surface area contributed by atoms with Crippen molar-refractivity contribution in [3.8, 4) is 0 Å². The molecule has 0 spiro atoms. The monoisotopic (exact) mass is 320 g/mol. The van der Waals surface area contributed by atoms with Gasteiger partial charge in [0.1, 0.15) is 0 Å². The molecule has 0 fully saturated rings. The molecule has 6 nitrogen and oxygen atoms in total. The van der Waals surface area contributed by atoms with Gasteiger partial charge in [0.05, 0.1) is 11.4 Å². The second-order valence-electron chi connectivity index (χ2n) is 3.98. The second kappa shape index (κ2) is 8.21. The number of hydrogen-bond acceptors (Lipinski definition) is 4. The molecule has 0 aliphatic rings. The molecule has 0 atom stereocenters. The van der Waals surface area contributed by atoms with Gasteiger partial charge in [0, 0.05) is 25.3 Å². The van der Waals surface area contributed by atoms with E-state index in [1.807, 2.05) is 0 Å². The number of benzene rings is 1. The fraction of sp³-hybridized carbons (Fsp3) is 0.417. The summed E-state index contributed by atoms with van der Waals surface area (Å²) in [5.74, 6) is -0.397. The van der Waals surface area contributed by atoms with E-state index in [0.29, 0.717) is 24.6 Å². The summed E-state index contributed by atoms with van der Waals surface area (Å²) in [5.41, 5.74) is 0. The van der Waals surface area contributed by atoms with Crippen LogP contribution in [0.3, 0.4) is 0 Å². The molecule has 0 aliphatic heterocycles. The Balaban J connectivity index is 2.46. The first-order valence-corrected chi connectivity index (χ1v) is 7.82. The molecule has 0 radical (unpaired) electrons. The maximum atomic E-state index is 11.9. The van der Waals surface area contributed by atoms with Crippen molar-refractivity contribution < 1.29 is 17.9 Å². The Morgan fingerprint density at radius 1 is 1.40 bits per heavy atom. The van der Waals surface area contributed by atoms with Gasteiger partial charge in [-0.15, -0.1) is 0 Å². The SMILES string of the molecule is COCCCNC(=O)CNS(=O)(=O)c1cccc(Cl)c1. The lowest BCUT2D eigenvalue weighted by atomic mass is 10.4. The first kappa shape index (κ1) is 16.9. The summed E-state index contributed by atoms with van der Waals surface area (Å²) in [6.45, 7) is 0.655. The molecule has 0 unspecified atom stereocenters. The van der Waals surface area contributed by atoms with Gasteiger partial charge in [-0.3, -0.25) is 4.79 Å². The van der Waals surface area contributed by atoms with E-state index in [0.717, 1.165) is 0 Å². The number of methoxy groups -OCH3 is 1. The van der Waals surface area contributed by atoms with Crippen molar-refractivity contribution in [2.24, 2.45) is 0 Å². The lowest BCUT2D eigenvalue weighted by molar-refractivity contribution is -0.120. The molecule has 0 saturated heterocycles. The van der Waals surface area contributed by atoms with Gasteiger partial charge < -0.3 is 10.1 Å². The summed E-state index contributed by atoms with van der Waals surface area (Å²) in [5, 5.41) is 2.90. The van der Waals surface area contributed by atoms with Gasteiger partial charge in [-0.25, -0.2) is 13.1 Å². The molecule has 0 saturated carbocycles. The van der Waals surface area contributed by atoms with Crippen LogP contribution in [-0.4, -0.2) is 41.1 Å². The van der Waals surface area contributed by atoms with Crippen molar-refractivity contribution in [2.45, 2.75) is 11.3 Å². The van der Waals surface area contributed by atoms with Crippen LogP contribution in [0.1, 0.15) is 6.42 Å². The first-order chi connectivity index (χ1) is 9.45. The molecule has 1 aromatic rings. The van der Waals surface area contributed by atoms with Crippen LogP contribution >= 0.6 is 11.6 Å². The quantitative estimate of drug-likeness (QED) is 0.693. The van der Waals surface area contributed by atoms with E-state index in [-0.39, 0.29) is 11.4 Å². The van der Waals surface area contributed by atoms with Gasteiger partial charge in [0.25, 0.3) is 0 Å². The zero-order valence-electron chi connectivity index (χ0n) is 11.1. The minimum atomic E-state index is -3.73. The van der Waals surface area contributed by atoms with Crippen molar-refractivity contribution >= 4 is 27.5 Å². The van der Waals surface area contributed by atoms with Crippen molar-refractivity contribution in [3.05, 3.63) is 29.3 Å². The van der Waals surface area contributed by atoms with Crippen molar-refractivity contribution in [1.29, 1.82) is 0 Å². The summed E-state index contributed by atoms with van der Waals surface area (Å²) in [6.07, 6.45) is 0.670. The average molecular weight is 321 g/mol. The maximum absolute atomic E-state index is 11.9. The van der Waals surface area contributed by atoms with Gasteiger partial charge in [0.15, 0.2) is 0 Å². The van der Waals surface area contributed by atoms with Crippen LogP contribution in [0, 0.1) is 0 Å². The molecule has 20 heavy (non-hydrogen) atoms. The minimum absolute atomic E-state index is 0.0252. The number of sulfonamides is 1. The lowest BCUT2D eigenvalue weighted by Crippen LogP contribution is -2.37. The number of hydrogen-bond donors (Lipinski definition) is 2. The van der Waals surface area contributed by atoms with Gasteiger partial charge in [-0.05, 0) is 24.6 Å². The van der Waals surface area contributed by atoms with E-state index < -0.39 is 15.9 Å². The molecular formula is C12H17ClN2O4S. The Morgan fingerprint density at radius 3 is 2.80 bits per heavy atom. The minimum Gasteiger partial charge on any atom is -0.385 e. The van der Waals surface area contributed by atoms with Crippen LogP contribution in [0.2, 0.25) is 5.02 Å². The summed E-state index contributed by atoms with van der Waals surface area (Å²) in [7, 11) is -2.16. The number of carbonyl (C=O) groups excluding carboxylic acids is 1. The van der Waals surface area contributed by atoms with E-state index in [1.54, 1.807) is 13.2 Å². The Morgan fingerprint density at radius 2 is 2.15 bits per heavy atom. The van der Waals surface area contributed by atoms with Gasteiger partial charge >= 0.3 is 0 Å². The van der Waals surface area contributed by atoms with E-state index in [2.05, 4.69) is 10.0 Å². The Hall–Kier alpha value is -1.15. The Kier molecular flexibility index (Phi) is 6.94. The lowest BCUT2D eigenvalue weighted by Gasteiger charge is -2.08. The maximum Gasteiger partial charge on any atom is 0.241 e. The third-order valence-corrected chi connectivity index (χ3v) is 4.01. The summed E-state index contributed by atoms with van der Waals surface area (Å²) >= 11 is 5.73. The summed E-state index contributed by atoms with van der Waals surface area (Å²) < 4.78 is 30.8. The van der Waals surface area contributed by atoms with Crippen LogP contribution in [0.4, 0.5) is 0 Å². The third-order valence-electron chi connectivity index (χ3n) is 2.38. The second-order valence-corrected chi connectivity index (χ2v) is 6.18. The van der Waals surface area contributed by atoms with Crippen LogP contribution in [-0.2, 0) is 19.6 Å². The van der Waals surface area contributed by atoms with Gasteiger partial charge in [-0.1, -0.05) is 17.7 Å². The van der Waals surface area contributed by atoms with Crippen molar-refractivity contribution in [1.82, 2.24) is 10.0 Å². The topological polar surface area (TPSA) is 84.5 Å².